The van der Waals surface area contributed by atoms with E-state index in [-0.39, 0.29) is 0 Å². The monoisotopic (exact) mass is 229 g/mol. The van der Waals surface area contributed by atoms with Gasteiger partial charge in [-0.1, -0.05) is 31.6 Å². The molecule has 2 nitrogen and oxygen atoms in total. The molecule has 82 valence electrons. The second-order valence-corrected chi connectivity index (χ2v) is 9.24. The lowest BCUT2D eigenvalue weighted by Crippen LogP contribution is -2.16. The zero-order chi connectivity index (χ0) is 12.2. The van der Waals surface area contributed by atoms with Crippen LogP contribution in [0, 0.1) is 18.0 Å². The minimum absolute atomic E-state index is 0.589. The van der Waals surface area contributed by atoms with Crippen LogP contribution in [0.15, 0.2) is 18.2 Å². The van der Waals surface area contributed by atoms with E-state index in [0.29, 0.717) is 5.69 Å². The molecule has 0 aliphatic carbocycles. The third-order valence-electron chi connectivity index (χ3n) is 1.90. The topological polar surface area (TPSA) is 13.6 Å². The molecular weight excluding hydrogens is 214 g/mol. The van der Waals surface area contributed by atoms with Crippen LogP contribution in [0.25, 0.3) is 4.85 Å². The number of rotatable bonds is 1. The van der Waals surface area contributed by atoms with Crippen LogP contribution in [0.4, 0.5) is 5.69 Å². The SMILES string of the molecule is [C-]#[N+]c1ccc(OC)cc1C#C[Si](C)(C)C. The van der Waals surface area contributed by atoms with Crippen molar-refractivity contribution in [3.05, 3.63) is 35.2 Å². The van der Waals surface area contributed by atoms with Gasteiger partial charge in [0.25, 0.3) is 0 Å². The second kappa shape index (κ2) is 4.87. The van der Waals surface area contributed by atoms with Crippen LogP contribution in [0.3, 0.4) is 0 Å². The Morgan fingerprint density at radius 1 is 1.31 bits per heavy atom. The van der Waals surface area contributed by atoms with Gasteiger partial charge >= 0.3 is 0 Å². The maximum absolute atomic E-state index is 7.07. The van der Waals surface area contributed by atoms with Gasteiger partial charge in [0.1, 0.15) is 13.8 Å². The molecule has 0 spiro atoms. The minimum atomic E-state index is -1.41. The average Bonchev–Trinajstić information content (AvgIpc) is 2.25. The van der Waals surface area contributed by atoms with E-state index in [9.17, 15) is 0 Å². The number of hydrogen-bond acceptors (Lipinski definition) is 1. The fourth-order valence-electron chi connectivity index (χ4n) is 1.09. The Bertz CT molecular complexity index is 483. The molecule has 0 aliphatic heterocycles. The molecule has 1 aromatic carbocycles. The van der Waals surface area contributed by atoms with Crippen molar-refractivity contribution in [1.29, 1.82) is 0 Å². The lowest BCUT2D eigenvalue weighted by molar-refractivity contribution is 0.415. The van der Waals surface area contributed by atoms with Gasteiger partial charge in [0.15, 0.2) is 0 Å². The van der Waals surface area contributed by atoms with Gasteiger partial charge in [0.05, 0.1) is 13.7 Å². The van der Waals surface area contributed by atoms with E-state index in [1.807, 2.05) is 6.07 Å². The zero-order valence-corrected chi connectivity index (χ0v) is 11.1. The first kappa shape index (κ1) is 12.4. The summed E-state index contributed by atoms with van der Waals surface area (Å²) in [5.74, 6) is 3.84. The first-order valence-electron chi connectivity index (χ1n) is 5.05. The van der Waals surface area contributed by atoms with Gasteiger partial charge in [-0.3, -0.25) is 0 Å². The van der Waals surface area contributed by atoms with Crippen LogP contribution >= 0.6 is 0 Å². The number of benzene rings is 1. The predicted molar refractivity (Wildman–Crippen MR) is 69.5 cm³/mol. The lowest BCUT2D eigenvalue weighted by atomic mass is 10.2. The van der Waals surface area contributed by atoms with E-state index in [0.717, 1.165) is 11.3 Å². The fourth-order valence-corrected chi connectivity index (χ4v) is 1.60. The summed E-state index contributed by atoms with van der Waals surface area (Å²) in [6.07, 6.45) is 0. The first-order chi connectivity index (χ1) is 7.46. The second-order valence-electron chi connectivity index (χ2n) is 4.49. The van der Waals surface area contributed by atoms with Gasteiger partial charge < -0.3 is 4.74 Å². The Hall–Kier alpha value is -1.71. The molecule has 3 heteroatoms. The van der Waals surface area contributed by atoms with Crippen LogP contribution in [0.2, 0.25) is 19.6 Å². The van der Waals surface area contributed by atoms with Gasteiger partial charge in [-0.2, -0.15) is 0 Å². The molecule has 0 aromatic heterocycles. The number of ether oxygens (including phenoxy) is 1. The van der Waals surface area contributed by atoms with Crippen LogP contribution in [0.1, 0.15) is 5.56 Å². The summed E-state index contributed by atoms with van der Waals surface area (Å²) in [5, 5.41) is 0. The minimum Gasteiger partial charge on any atom is -0.497 e. The lowest BCUT2D eigenvalue weighted by Gasteiger charge is -2.05. The van der Waals surface area contributed by atoms with Gasteiger partial charge in [-0.25, -0.2) is 4.85 Å². The van der Waals surface area contributed by atoms with E-state index >= 15 is 0 Å². The Morgan fingerprint density at radius 3 is 2.50 bits per heavy atom. The third-order valence-corrected chi connectivity index (χ3v) is 2.77. The Labute approximate surface area is 98.1 Å². The Balaban J connectivity index is 3.19. The van der Waals surface area contributed by atoms with E-state index in [2.05, 4.69) is 36.0 Å². The summed E-state index contributed by atoms with van der Waals surface area (Å²) in [7, 11) is 0.206. The summed E-state index contributed by atoms with van der Waals surface area (Å²) in [6.45, 7) is 13.6. The molecule has 0 aliphatic rings. The largest absolute Gasteiger partial charge is 0.497 e. The van der Waals surface area contributed by atoms with Gasteiger partial charge in [0, 0.05) is 5.56 Å². The van der Waals surface area contributed by atoms with Crippen molar-refractivity contribution in [2.24, 2.45) is 0 Å². The van der Waals surface area contributed by atoms with Crippen LogP contribution in [0.5, 0.6) is 5.75 Å². The quantitative estimate of drug-likeness (QED) is 0.408. The molecule has 0 N–H and O–H groups in total. The maximum Gasteiger partial charge on any atom is 0.202 e. The van der Waals surface area contributed by atoms with Crippen LogP contribution in [-0.2, 0) is 0 Å². The van der Waals surface area contributed by atoms with E-state index in [4.69, 9.17) is 11.3 Å². The summed E-state index contributed by atoms with van der Waals surface area (Å²) in [4.78, 5) is 3.45. The first-order valence-corrected chi connectivity index (χ1v) is 8.55. The highest BCUT2D eigenvalue weighted by Crippen LogP contribution is 2.23. The van der Waals surface area contributed by atoms with Crippen molar-refractivity contribution in [3.8, 4) is 17.2 Å². The highest BCUT2D eigenvalue weighted by atomic mass is 28.3. The van der Waals surface area contributed by atoms with Crippen molar-refractivity contribution in [1.82, 2.24) is 0 Å². The van der Waals surface area contributed by atoms with Crippen molar-refractivity contribution >= 4 is 13.8 Å². The predicted octanol–water partition coefficient (Wildman–Crippen LogP) is 3.47. The van der Waals surface area contributed by atoms with E-state index < -0.39 is 8.07 Å². The molecule has 16 heavy (non-hydrogen) atoms. The molecule has 0 fully saturated rings. The molecule has 1 aromatic rings. The molecule has 0 atom stereocenters. The number of hydrogen-bond donors (Lipinski definition) is 0. The van der Waals surface area contributed by atoms with Crippen LogP contribution in [-0.4, -0.2) is 15.2 Å². The molecule has 1 rings (SSSR count). The van der Waals surface area contributed by atoms with Crippen LogP contribution < -0.4 is 4.74 Å². The smallest absolute Gasteiger partial charge is 0.202 e. The third kappa shape index (κ3) is 3.45. The van der Waals surface area contributed by atoms with Crippen molar-refractivity contribution in [2.75, 3.05) is 7.11 Å². The fraction of sp³-hybridized carbons (Fsp3) is 0.308. The summed E-state index contributed by atoms with van der Waals surface area (Å²) >= 11 is 0. The van der Waals surface area contributed by atoms with Gasteiger partial charge in [-0.15, -0.1) is 5.54 Å². The molecule has 0 radical (unpaired) electrons. The Morgan fingerprint density at radius 2 is 2.00 bits per heavy atom. The standard InChI is InChI=1S/C13H15NOSi/c1-14-13-7-6-12(15-2)10-11(13)8-9-16(3,4)5/h6-7,10H,2-5H3. The molecule has 0 amide bonds. The highest BCUT2D eigenvalue weighted by Gasteiger charge is 2.08. The number of nitrogens with zero attached hydrogens (tertiary/aromatic N) is 1. The van der Waals surface area contributed by atoms with Crippen molar-refractivity contribution in [3.63, 3.8) is 0 Å². The molecular formula is C13H15NOSi. The van der Waals surface area contributed by atoms with Gasteiger partial charge in [0.2, 0.25) is 5.69 Å². The summed E-state index contributed by atoms with van der Waals surface area (Å²) in [6, 6.07) is 5.35. The normalized spacial score (nSPS) is 9.94. The van der Waals surface area contributed by atoms with Crippen molar-refractivity contribution < 1.29 is 4.74 Å². The average molecular weight is 229 g/mol. The van der Waals surface area contributed by atoms with Crippen molar-refractivity contribution in [2.45, 2.75) is 19.6 Å². The number of methoxy groups -OCH3 is 1. The molecule has 0 saturated carbocycles. The molecule has 0 bridgehead atoms. The van der Waals surface area contributed by atoms with E-state index in [1.54, 1.807) is 19.2 Å². The Kier molecular flexibility index (Phi) is 3.76. The molecule has 0 unspecified atom stereocenters. The molecule has 0 heterocycles. The summed E-state index contributed by atoms with van der Waals surface area (Å²) < 4.78 is 5.13. The molecule has 0 saturated heterocycles. The maximum atomic E-state index is 7.07. The van der Waals surface area contributed by atoms with Gasteiger partial charge in [-0.05, 0) is 12.1 Å². The zero-order valence-electron chi connectivity index (χ0n) is 10.1. The van der Waals surface area contributed by atoms with E-state index in [1.165, 1.54) is 0 Å². The summed E-state index contributed by atoms with van der Waals surface area (Å²) in [5.41, 5.74) is 4.60. The highest BCUT2D eigenvalue weighted by molar-refractivity contribution is 6.83.